The first-order chi connectivity index (χ1) is 7.77. The van der Waals surface area contributed by atoms with Crippen LogP contribution in [0.3, 0.4) is 0 Å². The number of rotatable bonds is 3. The molecular formula is C10H10N4O2. The van der Waals surface area contributed by atoms with Crippen LogP contribution in [0.25, 0.3) is 0 Å². The molecule has 0 aliphatic rings. The lowest BCUT2D eigenvalue weighted by Crippen LogP contribution is -2.23. The summed E-state index contributed by atoms with van der Waals surface area (Å²) in [5.74, 6) is -0.550. The molecule has 0 aromatic carbocycles. The van der Waals surface area contributed by atoms with Crippen molar-refractivity contribution in [3.8, 4) is 5.75 Å². The van der Waals surface area contributed by atoms with E-state index in [1.807, 2.05) is 0 Å². The minimum atomic E-state index is -0.417. The van der Waals surface area contributed by atoms with E-state index < -0.39 is 5.91 Å². The first-order valence-corrected chi connectivity index (χ1v) is 4.67. The minimum absolute atomic E-state index is 0.0194. The second-order valence-electron chi connectivity index (χ2n) is 3.16. The number of carbonyl (C=O) groups excluding carboxylic acids is 1. The monoisotopic (exact) mass is 218 g/mol. The Morgan fingerprint density at radius 2 is 2.44 bits per heavy atom. The maximum Gasteiger partial charge on any atom is 0.274 e. The van der Waals surface area contributed by atoms with Crippen molar-refractivity contribution in [3.63, 3.8) is 0 Å². The third-order valence-corrected chi connectivity index (χ3v) is 2.01. The number of H-pyrrole nitrogens is 1. The number of carbonyl (C=O) groups is 1. The van der Waals surface area contributed by atoms with Gasteiger partial charge in [-0.3, -0.25) is 9.89 Å². The SMILES string of the molecule is O=C(NCc1cn[nH]c1)c1ncccc1O. The molecule has 0 spiro atoms. The summed E-state index contributed by atoms with van der Waals surface area (Å²) in [5, 5.41) is 18.4. The molecule has 0 fully saturated rings. The predicted molar refractivity (Wildman–Crippen MR) is 55.7 cm³/mol. The van der Waals surface area contributed by atoms with Crippen LogP contribution in [0.1, 0.15) is 16.1 Å². The average molecular weight is 218 g/mol. The Bertz CT molecular complexity index is 481. The van der Waals surface area contributed by atoms with Gasteiger partial charge in [0.2, 0.25) is 0 Å². The Morgan fingerprint density at radius 1 is 1.56 bits per heavy atom. The number of pyridine rings is 1. The van der Waals surface area contributed by atoms with Gasteiger partial charge in [-0.2, -0.15) is 5.10 Å². The van der Waals surface area contributed by atoms with E-state index in [1.54, 1.807) is 18.5 Å². The molecule has 0 radical (unpaired) electrons. The van der Waals surface area contributed by atoms with Crippen LogP contribution in [0, 0.1) is 0 Å². The number of hydrogen-bond acceptors (Lipinski definition) is 4. The lowest BCUT2D eigenvalue weighted by molar-refractivity contribution is 0.0943. The second-order valence-corrected chi connectivity index (χ2v) is 3.16. The van der Waals surface area contributed by atoms with Crippen LogP contribution >= 0.6 is 0 Å². The molecule has 0 atom stereocenters. The zero-order valence-corrected chi connectivity index (χ0v) is 8.34. The van der Waals surface area contributed by atoms with Crippen LogP contribution in [-0.2, 0) is 6.54 Å². The zero-order chi connectivity index (χ0) is 11.4. The Morgan fingerprint density at radius 3 is 3.12 bits per heavy atom. The standard InChI is InChI=1S/C10H10N4O2/c15-8-2-1-3-11-9(8)10(16)12-4-7-5-13-14-6-7/h1-3,5-6,15H,4H2,(H,12,16)(H,13,14). The predicted octanol–water partition coefficient (Wildman–Crippen LogP) is 0.440. The summed E-state index contributed by atoms with van der Waals surface area (Å²) in [5.41, 5.74) is 0.870. The summed E-state index contributed by atoms with van der Waals surface area (Å²) in [7, 11) is 0. The number of nitrogens with zero attached hydrogens (tertiary/aromatic N) is 2. The fraction of sp³-hybridized carbons (Fsp3) is 0.100. The van der Waals surface area contributed by atoms with Crippen LogP contribution in [0.4, 0.5) is 0 Å². The molecule has 6 heteroatoms. The summed E-state index contributed by atoms with van der Waals surface area (Å²) >= 11 is 0. The molecule has 6 nitrogen and oxygen atoms in total. The number of aromatic amines is 1. The molecule has 3 N–H and O–H groups in total. The molecule has 0 bridgehead atoms. The molecule has 16 heavy (non-hydrogen) atoms. The highest BCUT2D eigenvalue weighted by atomic mass is 16.3. The molecule has 0 aliphatic heterocycles. The van der Waals surface area contributed by atoms with Crippen molar-refractivity contribution < 1.29 is 9.90 Å². The van der Waals surface area contributed by atoms with Gasteiger partial charge in [0, 0.05) is 24.5 Å². The van der Waals surface area contributed by atoms with Gasteiger partial charge < -0.3 is 10.4 Å². The zero-order valence-electron chi connectivity index (χ0n) is 8.34. The van der Waals surface area contributed by atoms with E-state index in [0.717, 1.165) is 5.56 Å². The summed E-state index contributed by atoms with van der Waals surface area (Å²) in [6.45, 7) is 0.339. The highest BCUT2D eigenvalue weighted by Gasteiger charge is 2.11. The van der Waals surface area contributed by atoms with Gasteiger partial charge >= 0.3 is 0 Å². The Hall–Kier alpha value is -2.37. The largest absolute Gasteiger partial charge is 0.505 e. The molecule has 0 unspecified atom stereocenters. The maximum absolute atomic E-state index is 11.6. The van der Waals surface area contributed by atoms with E-state index in [-0.39, 0.29) is 11.4 Å². The number of nitrogens with one attached hydrogen (secondary N) is 2. The number of amides is 1. The lowest BCUT2D eigenvalue weighted by Gasteiger charge is -2.03. The van der Waals surface area contributed by atoms with E-state index in [0.29, 0.717) is 6.54 Å². The molecular weight excluding hydrogens is 208 g/mol. The smallest absolute Gasteiger partial charge is 0.274 e. The van der Waals surface area contributed by atoms with E-state index in [1.165, 1.54) is 12.3 Å². The number of aromatic nitrogens is 3. The molecule has 0 saturated heterocycles. The minimum Gasteiger partial charge on any atom is -0.505 e. The number of aromatic hydroxyl groups is 1. The highest BCUT2D eigenvalue weighted by Crippen LogP contribution is 2.12. The normalized spacial score (nSPS) is 10.0. The first kappa shape index (κ1) is 10.2. The van der Waals surface area contributed by atoms with Crippen molar-refractivity contribution in [1.29, 1.82) is 0 Å². The van der Waals surface area contributed by atoms with Gasteiger partial charge in [0.25, 0.3) is 5.91 Å². The van der Waals surface area contributed by atoms with Gasteiger partial charge in [-0.25, -0.2) is 4.98 Å². The third-order valence-electron chi connectivity index (χ3n) is 2.01. The van der Waals surface area contributed by atoms with Crippen molar-refractivity contribution in [1.82, 2.24) is 20.5 Å². The second kappa shape index (κ2) is 4.43. The van der Waals surface area contributed by atoms with Crippen LogP contribution in [0.2, 0.25) is 0 Å². The van der Waals surface area contributed by atoms with Crippen molar-refractivity contribution in [2.45, 2.75) is 6.54 Å². The molecule has 82 valence electrons. The topological polar surface area (TPSA) is 90.9 Å². The van der Waals surface area contributed by atoms with Gasteiger partial charge in [0.05, 0.1) is 6.20 Å². The van der Waals surface area contributed by atoms with Crippen LogP contribution in [-0.4, -0.2) is 26.2 Å². The number of hydrogen-bond donors (Lipinski definition) is 3. The molecule has 2 rings (SSSR count). The van der Waals surface area contributed by atoms with Gasteiger partial charge in [-0.05, 0) is 12.1 Å². The van der Waals surface area contributed by atoms with Gasteiger partial charge in [-0.15, -0.1) is 0 Å². The van der Waals surface area contributed by atoms with E-state index in [4.69, 9.17) is 0 Å². The molecule has 2 aromatic rings. The van der Waals surface area contributed by atoms with Crippen LogP contribution in [0.5, 0.6) is 5.75 Å². The Labute approximate surface area is 91.3 Å². The van der Waals surface area contributed by atoms with Crippen molar-refractivity contribution in [3.05, 3.63) is 42.0 Å². The van der Waals surface area contributed by atoms with Crippen LogP contribution in [0.15, 0.2) is 30.7 Å². The van der Waals surface area contributed by atoms with E-state index in [2.05, 4.69) is 20.5 Å². The quantitative estimate of drug-likeness (QED) is 0.697. The molecule has 0 aliphatic carbocycles. The Balaban J connectivity index is 2.01. The molecule has 2 heterocycles. The third kappa shape index (κ3) is 2.17. The molecule has 0 saturated carbocycles. The fourth-order valence-electron chi connectivity index (χ4n) is 1.21. The summed E-state index contributed by atoms with van der Waals surface area (Å²) in [4.78, 5) is 15.4. The van der Waals surface area contributed by atoms with Crippen LogP contribution < -0.4 is 5.32 Å². The maximum atomic E-state index is 11.6. The summed E-state index contributed by atoms with van der Waals surface area (Å²) in [6.07, 6.45) is 4.74. The van der Waals surface area contributed by atoms with Crippen molar-refractivity contribution in [2.75, 3.05) is 0 Å². The van der Waals surface area contributed by atoms with Gasteiger partial charge in [-0.1, -0.05) is 0 Å². The van der Waals surface area contributed by atoms with E-state index >= 15 is 0 Å². The lowest BCUT2D eigenvalue weighted by atomic mass is 10.3. The van der Waals surface area contributed by atoms with Crippen molar-refractivity contribution >= 4 is 5.91 Å². The summed E-state index contributed by atoms with van der Waals surface area (Å²) < 4.78 is 0. The van der Waals surface area contributed by atoms with Gasteiger partial charge in [0.1, 0.15) is 5.75 Å². The molecule has 2 aromatic heterocycles. The van der Waals surface area contributed by atoms with Gasteiger partial charge in [0.15, 0.2) is 5.69 Å². The highest BCUT2D eigenvalue weighted by molar-refractivity contribution is 5.94. The summed E-state index contributed by atoms with van der Waals surface area (Å²) in [6, 6.07) is 2.97. The fourth-order valence-corrected chi connectivity index (χ4v) is 1.21. The first-order valence-electron chi connectivity index (χ1n) is 4.67. The Kier molecular flexibility index (Phi) is 2.81. The average Bonchev–Trinajstić information content (AvgIpc) is 2.79. The molecule has 1 amide bonds. The van der Waals surface area contributed by atoms with Crippen molar-refractivity contribution in [2.24, 2.45) is 0 Å². The van der Waals surface area contributed by atoms with E-state index in [9.17, 15) is 9.90 Å².